The molecule has 0 radical (unpaired) electrons. The molecule has 1 amide bonds. The van der Waals surface area contributed by atoms with Crippen LogP contribution in [0.25, 0.3) is 0 Å². The average molecular weight is 208 g/mol. The van der Waals surface area contributed by atoms with E-state index in [1.165, 1.54) is 0 Å². The van der Waals surface area contributed by atoms with E-state index >= 15 is 0 Å². The molecule has 1 aliphatic heterocycles. The van der Waals surface area contributed by atoms with Gasteiger partial charge in [0.25, 0.3) is 0 Å². The number of piperazine rings is 1. The zero-order chi connectivity index (χ0) is 8.97. The Labute approximate surface area is 85.5 Å². The van der Waals surface area contributed by atoms with Crippen LogP contribution in [-0.2, 0) is 4.79 Å². The van der Waals surface area contributed by atoms with Crippen molar-refractivity contribution in [2.45, 2.75) is 6.92 Å². The minimum absolute atomic E-state index is 0. The van der Waals surface area contributed by atoms with Crippen molar-refractivity contribution in [3.05, 3.63) is 0 Å². The van der Waals surface area contributed by atoms with Crippen molar-refractivity contribution in [2.75, 3.05) is 39.3 Å². The summed E-state index contributed by atoms with van der Waals surface area (Å²) in [6.07, 6.45) is 0. The van der Waals surface area contributed by atoms with Gasteiger partial charge in [0.2, 0.25) is 5.91 Å². The summed E-state index contributed by atoms with van der Waals surface area (Å²) in [4.78, 5) is 15.1. The maximum Gasteiger partial charge on any atom is 0.219 e. The first-order valence-corrected chi connectivity index (χ1v) is 4.42. The number of rotatable bonds is 2. The van der Waals surface area contributed by atoms with Crippen LogP contribution in [0.1, 0.15) is 6.92 Å². The Kier molecular flexibility index (Phi) is 6.03. The summed E-state index contributed by atoms with van der Waals surface area (Å²) in [6.45, 7) is 6.93. The van der Waals surface area contributed by atoms with E-state index in [-0.39, 0.29) is 18.3 Å². The van der Waals surface area contributed by atoms with E-state index in [4.69, 9.17) is 5.73 Å². The molecule has 0 aromatic carbocycles. The molecule has 5 heteroatoms. The Bertz CT molecular complexity index is 157. The highest BCUT2D eigenvalue weighted by atomic mass is 35.5. The van der Waals surface area contributed by atoms with Gasteiger partial charge >= 0.3 is 0 Å². The van der Waals surface area contributed by atoms with Crippen molar-refractivity contribution in [3.8, 4) is 0 Å². The van der Waals surface area contributed by atoms with E-state index in [9.17, 15) is 4.79 Å². The van der Waals surface area contributed by atoms with Crippen molar-refractivity contribution in [1.29, 1.82) is 0 Å². The highest BCUT2D eigenvalue weighted by molar-refractivity contribution is 5.85. The molecule has 1 saturated heterocycles. The van der Waals surface area contributed by atoms with Gasteiger partial charge in [-0.05, 0) is 0 Å². The van der Waals surface area contributed by atoms with Crippen LogP contribution in [0.5, 0.6) is 0 Å². The first-order valence-electron chi connectivity index (χ1n) is 4.42. The fourth-order valence-electron chi connectivity index (χ4n) is 1.47. The molecular weight excluding hydrogens is 190 g/mol. The van der Waals surface area contributed by atoms with E-state index in [2.05, 4.69) is 4.90 Å². The quantitative estimate of drug-likeness (QED) is 0.666. The van der Waals surface area contributed by atoms with Crippen LogP contribution in [-0.4, -0.2) is 55.0 Å². The minimum Gasteiger partial charge on any atom is -0.340 e. The summed E-state index contributed by atoms with van der Waals surface area (Å²) in [5.41, 5.74) is 5.43. The fraction of sp³-hybridized carbons (Fsp3) is 0.875. The first-order chi connectivity index (χ1) is 5.74. The van der Waals surface area contributed by atoms with Crippen molar-refractivity contribution >= 4 is 18.3 Å². The van der Waals surface area contributed by atoms with Gasteiger partial charge in [-0.25, -0.2) is 0 Å². The molecule has 1 aliphatic rings. The Morgan fingerprint density at radius 3 is 2.23 bits per heavy atom. The molecule has 13 heavy (non-hydrogen) atoms. The number of halogens is 1. The molecule has 0 aromatic heterocycles. The van der Waals surface area contributed by atoms with Gasteiger partial charge in [0, 0.05) is 46.2 Å². The van der Waals surface area contributed by atoms with Gasteiger partial charge in [0.1, 0.15) is 0 Å². The molecule has 2 N–H and O–H groups in total. The van der Waals surface area contributed by atoms with E-state index in [1.807, 2.05) is 4.90 Å². The molecule has 0 saturated carbocycles. The summed E-state index contributed by atoms with van der Waals surface area (Å²) in [5.74, 6) is 0.183. The lowest BCUT2D eigenvalue weighted by Crippen LogP contribution is -2.49. The van der Waals surface area contributed by atoms with Gasteiger partial charge < -0.3 is 10.6 Å². The van der Waals surface area contributed by atoms with Crippen LogP contribution >= 0.6 is 12.4 Å². The zero-order valence-corrected chi connectivity index (χ0v) is 8.85. The van der Waals surface area contributed by atoms with E-state index < -0.39 is 0 Å². The Balaban J connectivity index is 0.00000144. The summed E-state index contributed by atoms with van der Waals surface area (Å²) >= 11 is 0. The molecule has 0 aromatic rings. The summed E-state index contributed by atoms with van der Waals surface area (Å²) in [5, 5.41) is 0. The van der Waals surface area contributed by atoms with Gasteiger partial charge in [-0.15, -0.1) is 12.4 Å². The molecule has 1 heterocycles. The topological polar surface area (TPSA) is 49.6 Å². The van der Waals surface area contributed by atoms with Gasteiger partial charge in [0.15, 0.2) is 0 Å². The molecule has 0 spiro atoms. The lowest BCUT2D eigenvalue weighted by atomic mass is 10.3. The zero-order valence-electron chi connectivity index (χ0n) is 8.03. The van der Waals surface area contributed by atoms with Crippen LogP contribution in [0.3, 0.4) is 0 Å². The number of carbonyl (C=O) groups is 1. The maximum absolute atomic E-state index is 10.9. The molecule has 0 aliphatic carbocycles. The first kappa shape index (κ1) is 12.7. The summed E-state index contributed by atoms with van der Waals surface area (Å²) < 4.78 is 0. The van der Waals surface area contributed by atoms with Gasteiger partial charge in [0.05, 0.1) is 0 Å². The van der Waals surface area contributed by atoms with Gasteiger partial charge in [-0.2, -0.15) is 0 Å². The van der Waals surface area contributed by atoms with Gasteiger partial charge in [-0.3, -0.25) is 9.69 Å². The SMILES string of the molecule is CC(=O)N1CCN(CCN)CC1.Cl. The van der Waals surface area contributed by atoms with Crippen LogP contribution in [0.15, 0.2) is 0 Å². The Morgan fingerprint density at radius 1 is 1.31 bits per heavy atom. The maximum atomic E-state index is 10.9. The third-order valence-electron chi connectivity index (χ3n) is 2.26. The second-order valence-corrected chi connectivity index (χ2v) is 3.14. The number of hydrogen-bond donors (Lipinski definition) is 1. The lowest BCUT2D eigenvalue weighted by Gasteiger charge is -2.33. The monoisotopic (exact) mass is 207 g/mol. The summed E-state index contributed by atoms with van der Waals surface area (Å²) in [7, 11) is 0. The average Bonchev–Trinajstić information content (AvgIpc) is 2.06. The van der Waals surface area contributed by atoms with Crippen molar-refractivity contribution < 1.29 is 4.79 Å². The van der Waals surface area contributed by atoms with E-state index in [0.717, 1.165) is 32.7 Å². The standard InChI is InChI=1S/C8H17N3O.ClH/c1-8(12)11-6-4-10(3-2-9)5-7-11;/h2-7,9H2,1H3;1H. The highest BCUT2D eigenvalue weighted by Gasteiger charge is 2.17. The van der Waals surface area contributed by atoms with E-state index in [0.29, 0.717) is 6.54 Å². The molecule has 1 fully saturated rings. The predicted octanol–water partition coefficient (Wildman–Crippen LogP) is -0.469. The second-order valence-electron chi connectivity index (χ2n) is 3.14. The largest absolute Gasteiger partial charge is 0.340 e. The second kappa shape index (κ2) is 6.18. The molecule has 4 nitrogen and oxygen atoms in total. The van der Waals surface area contributed by atoms with Crippen LogP contribution in [0.2, 0.25) is 0 Å². The highest BCUT2D eigenvalue weighted by Crippen LogP contribution is 2.00. The van der Waals surface area contributed by atoms with Crippen LogP contribution in [0.4, 0.5) is 0 Å². The van der Waals surface area contributed by atoms with Gasteiger partial charge in [-0.1, -0.05) is 0 Å². The molecule has 78 valence electrons. The molecule has 0 atom stereocenters. The number of nitrogens with zero attached hydrogens (tertiary/aromatic N) is 2. The predicted molar refractivity (Wildman–Crippen MR) is 55.0 cm³/mol. The molecule has 1 rings (SSSR count). The lowest BCUT2D eigenvalue weighted by molar-refractivity contribution is -0.130. The Hall–Kier alpha value is -0.320. The third-order valence-corrected chi connectivity index (χ3v) is 2.26. The molecular formula is C8H18ClN3O. The smallest absolute Gasteiger partial charge is 0.219 e. The number of amides is 1. The normalized spacial score (nSPS) is 18.2. The van der Waals surface area contributed by atoms with E-state index in [1.54, 1.807) is 6.92 Å². The van der Waals surface area contributed by atoms with Crippen LogP contribution < -0.4 is 5.73 Å². The van der Waals surface area contributed by atoms with Crippen molar-refractivity contribution in [3.63, 3.8) is 0 Å². The minimum atomic E-state index is 0. The fourth-order valence-corrected chi connectivity index (χ4v) is 1.47. The summed E-state index contributed by atoms with van der Waals surface area (Å²) in [6, 6.07) is 0. The Morgan fingerprint density at radius 2 is 1.85 bits per heavy atom. The number of carbonyl (C=O) groups excluding carboxylic acids is 1. The van der Waals surface area contributed by atoms with Crippen molar-refractivity contribution in [1.82, 2.24) is 9.80 Å². The molecule has 0 unspecified atom stereocenters. The molecule has 0 bridgehead atoms. The number of nitrogens with two attached hydrogens (primary N) is 1. The van der Waals surface area contributed by atoms with Crippen LogP contribution in [0, 0.1) is 0 Å². The number of hydrogen-bond acceptors (Lipinski definition) is 3. The van der Waals surface area contributed by atoms with Crippen molar-refractivity contribution in [2.24, 2.45) is 5.73 Å². The third kappa shape index (κ3) is 3.93.